The van der Waals surface area contributed by atoms with Gasteiger partial charge in [0.05, 0.1) is 12.2 Å². The van der Waals surface area contributed by atoms with Gasteiger partial charge in [-0.3, -0.25) is 4.79 Å². The molecule has 0 heterocycles. The molecule has 0 fully saturated rings. The van der Waals surface area contributed by atoms with Gasteiger partial charge in [-0.1, -0.05) is 24.3 Å². The molecule has 1 N–H and O–H groups in total. The maximum absolute atomic E-state index is 12.9. The SMILES string of the molecule is O=C(NCCOCC(F)(F)F)c1ccccc1SCc1ccc(F)cc1. The summed E-state index contributed by atoms with van der Waals surface area (Å²) < 4.78 is 53.3. The van der Waals surface area contributed by atoms with E-state index < -0.39 is 12.8 Å². The van der Waals surface area contributed by atoms with Crippen molar-refractivity contribution in [3.8, 4) is 0 Å². The van der Waals surface area contributed by atoms with Crippen LogP contribution in [0.25, 0.3) is 0 Å². The van der Waals surface area contributed by atoms with Gasteiger partial charge in [0.2, 0.25) is 0 Å². The van der Waals surface area contributed by atoms with E-state index in [2.05, 4.69) is 10.1 Å². The zero-order valence-corrected chi connectivity index (χ0v) is 14.5. The molecule has 1 amide bonds. The van der Waals surface area contributed by atoms with Crippen LogP contribution in [-0.4, -0.2) is 31.8 Å². The summed E-state index contributed by atoms with van der Waals surface area (Å²) in [5.41, 5.74) is 1.34. The number of ether oxygens (including phenoxy) is 1. The second-order valence-corrected chi connectivity index (χ2v) is 6.35. The van der Waals surface area contributed by atoms with Crippen LogP contribution in [0.4, 0.5) is 17.6 Å². The van der Waals surface area contributed by atoms with Crippen LogP contribution >= 0.6 is 11.8 Å². The molecule has 0 aliphatic heterocycles. The molecule has 0 saturated carbocycles. The Morgan fingerprint density at radius 1 is 1.08 bits per heavy atom. The number of thioether (sulfide) groups is 1. The van der Waals surface area contributed by atoms with Gasteiger partial charge in [-0.05, 0) is 29.8 Å². The number of nitrogens with one attached hydrogen (secondary N) is 1. The molecule has 0 aliphatic carbocycles. The predicted molar refractivity (Wildman–Crippen MR) is 91.6 cm³/mol. The van der Waals surface area contributed by atoms with Crippen LogP contribution in [0.5, 0.6) is 0 Å². The van der Waals surface area contributed by atoms with Crippen molar-refractivity contribution in [3.63, 3.8) is 0 Å². The summed E-state index contributed by atoms with van der Waals surface area (Å²) in [5.74, 6) is -0.145. The summed E-state index contributed by atoms with van der Waals surface area (Å²) in [5, 5.41) is 2.54. The molecule has 0 bridgehead atoms. The fraction of sp³-hybridized carbons (Fsp3) is 0.278. The summed E-state index contributed by atoms with van der Waals surface area (Å²) >= 11 is 1.42. The van der Waals surface area contributed by atoms with Crippen molar-refractivity contribution >= 4 is 17.7 Å². The summed E-state index contributed by atoms with van der Waals surface area (Å²) in [6.07, 6.45) is -4.38. The Morgan fingerprint density at radius 2 is 1.77 bits per heavy atom. The Balaban J connectivity index is 1.86. The van der Waals surface area contributed by atoms with Gasteiger partial charge in [0.15, 0.2) is 0 Å². The molecule has 0 radical (unpaired) electrons. The molecule has 0 aromatic heterocycles. The normalized spacial score (nSPS) is 11.4. The first-order valence-corrected chi connectivity index (χ1v) is 8.73. The molecule has 3 nitrogen and oxygen atoms in total. The minimum absolute atomic E-state index is 0.0219. The second kappa shape index (κ2) is 9.59. The number of amides is 1. The van der Waals surface area contributed by atoms with Crippen LogP contribution in [0, 0.1) is 5.82 Å². The highest BCUT2D eigenvalue weighted by Crippen LogP contribution is 2.26. The van der Waals surface area contributed by atoms with Gasteiger partial charge in [-0.15, -0.1) is 11.8 Å². The third-order valence-electron chi connectivity index (χ3n) is 3.24. The molecule has 26 heavy (non-hydrogen) atoms. The molecule has 140 valence electrons. The maximum atomic E-state index is 12.9. The van der Waals surface area contributed by atoms with Crippen LogP contribution < -0.4 is 5.32 Å². The molecule has 2 rings (SSSR count). The molecule has 8 heteroatoms. The van der Waals surface area contributed by atoms with E-state index in [4.69, 9.17) is 0 Å². The van der Waals surface area contributed by atoms with E-state index in [1.54, 1.807) is 36.4 Å². The van der Waals surface area contributed by atoms with Crippen molar-refractivity contribution < 1.29 is 27.1 Å². The van der Waals surface area contributed by atoms with E-state index in [-0.39, 0.29) is 24.9 Å². The van der Waals surface area contributed by atoms with Crippen molar-refractivity contribution in [2.24, 2.45) is 0 Å². The first-order valence-electron chi connectivity index (χ1n) is 7.74. The highest BCUT2D eigenvalue weighted by Gasteiger charge is 2.27. The molecular weight excluding hydrogens is 370 g/mol. The number of halogens is 4. The van der Waals surface area contributed by atoms with Crippen LogP contribution in [0.2, 0.25) is 0 Å². The Hall–Kier alpha value is -2.06. The number of rotatable bonds is 8. The Kier molecular flexibility index (Phi) is 7.47. The van der Waals surface area contributed by atoms with E-state index in [1.165, 1.54) is 23.9 Å². The maximum Gasteiger partial charge on any atom is 0.411 e. The summed E-state index contributed by atoms with van der Waals surface area (Å²) in [6, 6.07) is 13.0. The summed E-state index contributed by atoms with van der Waals surface area (Å²) in [7, 11) is 0. The Bertz CT molecular complexity index is 720. The monoisotopic (exact) mass is 387 g/mol. The average Bonchev–Trinajstić information content (AvgIpc) is 2.60. The minimum atomic E-state index is -4.38. The number of hydrogen-bond donors (Lipinski definition) is 1. The highest BCUT2D eigenvalue weighted by molar-refractivity contribution is 7.98. The van der Waals surface area contributed by atoms with E-state index >= 15 is 0 Å². The van der Waals surface area contributed by atoms with Crippen LogP contribution in [0.1, 0.15) is 15.9 Å². The van der Waals surface area contributed by atoms with Gasteiger partial charge >= 0.3 is 6.18 Å². The largest absolute Gasteiger partial charge is 0.411 e. The predicted octanol–water partition coefficient (Wildman–Crippen LogP) is 4.43. The molecule has 0 aliphatic rings. The van der Waals surface area contributed by atoms with Crippen molar-refractivity contribution in [1.82, 2.24) is 5.32 Å². The van der Waals surface area contributed by atoms with Crippen LogP contribution in [0.3, 0.4) is 0 Å². The van der Waals surface area contributed by atoms with E-state index in [0.29, 0.717) is 11.3 Å². The summed E-state index contributed by atoms with van der Waals surface area (Å²) in [4.78, 5) is 13.0. The van der Waals surface area contributed by atoms with Gasteiger partial charge in [0.1, 0.15) is 12.4 Å². The topological polar surface area (TPSA) is 38.3 Å². The van der Waals surface area contributed by atoms with Gasteiger partial charge in [-0.25, -0.2) is 4.39 Å². The third-order valence-corrected chi connectivity index (χ3v) is 4.38. The van der Waals surface area contributed by atoms with Gasteiger partial charge in [0.25, 0.3) is 5.91 Å². The zero-order chi connectivity index (χ0) is 19.0. The molecular formula is C18H17F4NO2S. The lowest BCUT2D eigenvalue weighted by Gasteiger charge is -2.11. The second-order valence-electron chi connectivity index (χ2n) is 5.33. The minimum Gasteiger partial charge on any atom is -0.370 e. The Labute approximate surface area is 152 Å². The molecule has 0 atom stereocenters. The third kappa shape index (κ3) is 7.05. The van der Waals surface area contributed by atoms with E-state index in [0.717, 1.165) is 10.5 Å². The number of carbonyl (C=O) groups excluding carboxylic acids is 1. The highest BCUT2D eigenvalue weighted by atomic mass is 32.2. The van der Waals surface area contributed by atoms with Crippen molar-refractivity contribution in [2.45, 2.75) is 16.8 Å². The van der Waals surface area contributed by atoms with Gasteiger partial charge < -0.3 is 10.1 Å². The molecule has 2 aromatic rings. The van der Waals surface area contributed by atoms with E-state index in [9.17, 15) is 22.4 Å². The quantitative estimate of drug-likeness (QED) is 0.414. The number of carbonyl (C=O) groups is 1. The van der Waals surface area contributed by atoms with Crippen LogP contribution in [0.15, 0.2) is 53.4 Å². The standard InChI is InChI=1S/C18H17F4NO2S/c19-14-7-5-13(6-8-14)11-26-16-4-2-1-3-15(16)17(24)23-9-10-25-12-18(20,21)22/h1-8H,9-12H2,(H,23,24). The fourth-order valence-corrected chi connectivity index (χ4v) is 3.05. The number of alkyl halides is 3. The molecule has 0 saturated heterocycles. The fourth-order valence-electron chi connectivity index (χ4n) is 2.04. The first-order chi connectivity index (χ1) is 12.3. The lowest BCUT2D eigenvalue weighted by molar-refractivity contribution is -0.173. The van der Waals surface area contributed by atoms with Crippen molar-refractivity contribution in [2.75, 3.05) is 19.8 Å². The van der Waals surface area contributed by atoms with Gasteiger partial charge in [-0.2, -0.15) is 13.2 Å². The number of benzene rings is 2. The summed E-state index contributed by atoms with van der Waals surface area (Å²) in [6.45, 7) is -1.59. The lowest BCUT2D eigenvalue weighted by Crippen LogP contribution is -2.29. The first kappa shape index (κ1) is 20.3. The van der Waals surface area contributed by atoms with Crippen LogP contribution in [-0.2, 0) is 10.5 Å². The van der Waals surface area contributed by atoms with Crippen molar-refractivity contribution in [3.05, 3.63) is 65.5 Å². The van der Waals surface area contributed by atoms with E-state index in [1.807, 2.05) is 0 Å². The molecule has 0 unspecified atom stereocenters. The molecule has 0 spiro atoms. The smallest absolute Gasteiger partial charge is 0.370 e. The zero-order valence-electron chi connectivity index (χ0n) is 13.7. The van der Waals surface area contributed by atoms with Crippen molar-refractivity contribution in [1.29, 1.82) is 0 Å². The Morgan fingerprint density at radius 3 is 2.46 bits per heavy atom. The number of hydrogen-bond acceptors (Lipinski definition) is 3. The average molecular weight is 387 g/mol. The molecule has 2 aromatic carbocycles. The lowest BCUT2D eigenvalue weighted by atomic mass is 10.2. The van der Waals surface area contributed by atoms with Gasteiger partial charge in [0, 0.05) is 17.2 Å².